The standard InChI is InChI=1S/C11H22N2O3/c14-10(8-11(15)16)9-12-4-3-7-13-5-1-2-6-13/h10,12,14H,1-9H2,(H,15,16). The Balaban J connectivity index is 1.89. The Morgan fingerprint density at radius 1 is 1.38 bits per heavy atom. The van der Waals surface area contributed by atoms with E-state index >= 15 is 0 Å². The molecule has 5 heteroatoms. The smallest absolute Gasteiger partial charge is 0.306 e. The van der Waals surface area contributed by atoms with Crippen LogP contribution in [-0.2, 0) is 4.79 Å². The maximum atomic E-state index is 10.3. The van der Waals surface area contributed by atoms with Crippen LogP contribution in [0.2, 0.25) is 0 Å². The van der Waals surface area contributed by atoms with E-state index in [0.717, 1.165) is 19.5 Å². The molecule has 1 saturated heterocycles. The first-order chi connectivity index (χ1) is 7.68. The van der Waals surface area contributed by atoms with Gasteiger partial charge in [0.2, 0.25) is 0 Å². The molecule has 1 unspecified atom stereocenters. The molecule has 3 N–H and O–H groups in total. The number of aliphatic carboxylic acids is 1. The van der Waals surface area contributed by atoms with Crippen LogP contribution in [0.4, 0.5) is 0 Å². The molecule has 0 bridgehead atoms. The zero-order valence-corrected chi connectivity index (χ0v) is 9.69. The molecule has 0 aromatic heterocycles. The van der Waals surface area contributed by atoms with E-state index in [0.29, 0.717) is 6.54 Å². The Bertz CT molecular complexity index is 205. The fourth-order valence-corrected chi connectivity index (χ4v) is 1.98. The van der Waals surface area contributed by atoms with Gasteiger partial charge in [-0.05, 0) is 45.4 Å². The summed E-state index contributed by atoms with van der Waals surface area (Å²) in [4.78, 5) is 12.7. The number of carbonyl (C=O) groups is 1. The molecular formula is C11H22N2O3. The summed E-state index contributed by atoms with van der Waals surface area (Å²) in [5.41, 5.74) is 0. The Hall–Kier alpha value is -0.650. The van der Waals surface area contributed by atoms with Crippen molar-refractivity contribution in [2.45, 2.75) is 31.8 Å². The van der Waals surface area contributed by atoms with Gasteiger partial charge in [-0.3, -0.25) is 4.79 Å². The molecule has 1 rings (SSSR count). The molecule has 94 valence electrons. The number of likely N-dealkylation sites (tertiary alicyclic amines) is 1. The minimum Gasteiger partial charge on any atom is -0.481 e. The van der Waals surface area contributed by atoms with E-state index in [2.05, 4.69) is 10.2 Å². The molecule has 0 amide bonds. The average Bonchev–Trinajstić information content (AvgIpc) is 2.68. The van der Waals surface area contributed by atoms with E-state index in [1.54, 1.807) is 0 Å². The molecule has 0 radical (unpaired) electrons. The third kappa shape index (κ3) is 6.05. The summed E-state index contributed by atoms with van der Waals surface area (Å²) in [5.74, 6) is -0.952. The van der Waals surface area contributed by atoms with Crippen molar-refractivity contribution in [3.8, 4) is 0 Å². The molecule has 1 aliphatic rings. The van der Waals surface area contributed by atoms with E-state index in [4.69, 9.17) is 5.11 Å². The van der Waals surface area contributed by atoms with Crippen LogP contribution in [0.15, 0.2) is 0 Å². The van der Waals surface area contributed by atoms with Gasteiger partial charge >= 0.3 is 5.97 Å². The van der Waals surface area contributed by atoms with Gasteiger partial charge in [0.1, 0.15) is 0 Å². The number of aliphatic hydroxyl groups excluding tert-OH is 1. The van der Waals surface area contributed by atoms with Crippen molar-refractivity contribution in [1.82, 2.24) is 10.2 Å². The topological polar surface area (TPSA) is 72.8 Å². The van der Waals surface area contributed by atoms with Gasteiger partial charge in [-0.25, -0.2) is 0 Å². The van der Waals surface area contributed by atoms with Crippen LogP contribution in [0.25, 0.3) is 0 Å². The highest BCUT2D eigenvalue weighted by Crippen LogP contribution is 2.06. The van der Waals surface area contributed by atoms with Gasteiger partial charge in [0.25, 0.3) is 0 Å². The number of carboxylic acids is 1. The highest BCUT2D eigenvalue weighted by atomic mass is 16.4. The summed E-state index contributed by atoms with van der Waals surface area (Å²) in [6.45, 7) is 4.73. The van der Waals surface area contributed by atoms with Gasteiger partial charge in [0, 0.05) is 6.54 Å². The molecule has 0 aromatic carbocycles. The lowest BCUT2D eigenvalue weighted by molar-refractivity contribution is -0.139. The molecule has 0 aliphatic carbocycles. The number of nitrogens with zero attached hydrogens (tertiary/aromatic N) is 1. The van der Waals surface area contributed by atoms with Gasteiger partial charge in [-0.2, -0.15) is 0 Å². The lowest BCUT2D eigenvalue weighted by Crippen LogP contribution is -2.31. The molecule has 0 aromatic rings. The fraction of sp³-hybridized carbons (Fsp3) is 0.909. The maximum Gasteiger partial charge on any atom is 0.306 e. The molecule has 1 heterocycles. The lowest BCUT2D eigenvalue weighted by Gasteiger charge is -2.15. The van der Waals surface area contributed by atoms with Crippen molar-refractivity contribution >= 4 is 5.97 Å². The molecule has 16 heavy (non-hydrogen) atoms. The van der Waals surface area contributed by atoms with Crippen molar-refractivity contribution in [1.29, 1.82) is 0 Å². The van der Waals surface area contributed by atoms with E-state index in [1.807, 2.05) is 0 Å². The van der Waals surface area contributed by atoms with Crippen molar-refractivity contribution < 1.29 is 15.0 Å². The van der Waals surface area contributed by atoms with Crippen molar-refractivity contribution in [3.05, 3.63) is 0 Å². The van der Waals surface area contributed by atoms with E-state index < -0.39 is 12.1 Å². The minimum atomic E-state index is -0.952. The van der Waals surface area contributed by atoms with Crippen LogP contribution in [0.3, 0.4) is 0 Å². The first-order valence-corrected chi connectivity index (χ1v) is 6.01. The third-order valence-electron chi connectivity index (χ3n) is 2.82. The number of hydrogen-bond donors (Lipinski definition) is 3. The summed E-state index contributed by atoms with van der Waals surface area (Å²) in [7, 11) is 0. The predicted molar refractivity (Wildman–Crippen MR) is 61.4 cm³/mol. The van der Waals surface area contributed by atoms with Gasteiger partial charge in [0.05, 0.1) is 12.5 Å². The second-order valence-electron chi connectivity index (χ2n) is 4.36. The van der Waals surface area contributed by atoms with Crippen LogP contribution >= 0.6 is 0 Å². The van der Waals surface area contributed by atoms with E-state index in [-0.39, 0.29) is 6.42 Å². The zero-order valence-electron chi connectivity index (χ0n) is 9.69. The molecule has 1 fully saturated rings. The van der Waals surface area contributed by atoms with Crippen molar-refractivity contribution in [2.24, 2.45) is 0 Å². The summed E-state index contributed by atoms with van der Waals surface area (Å²) < 4.78 is 0. The number of hydrogen-bond acceptors (Lipinski definition) is 4. The number of aliphatic hydroxyl groups is 1. The van der Waals surface area contributed by atoms with Crippen molar-refractivity contribution in [2.75, 3.05) is 32.7 Å². The Morgan fingerprint density at radius 3 is 2.69 bits per heavy atom. The quantitative estimate of drug-likeness (QED) is 0.508. The van der Waals surface area contributed by atoms with E-state index in [1.165, 1.54) is 25.9 Å². The molecular weight excluding hydrogens is 208 g/mol. The second kappa shape index (κ2) is 7.60. The monoisotopic (exact) mass is 230 g/mol. The Morgan fingerprint density at radius 2 is 2.06 bits per heavy atom. The predicted octanol–water partition coefficient (Wildman–Crippen LogP) is -0.102. The Kier molecular flexibility index (Phi) is 6.37. The van der Waals surface area contributed by atoms with E-state index in [9.17, 15) is 9.90 Å². The molecule has 0 spiro atoms. The average molecular weight is 230 g/mol. The summed E-state index contributed by atoms with van der Waals surface area (Å²) in [6.07, 6.45) is 2.72. The summed E-state index contributed by atoms with van der Waals surface area (Å²) in [6, 6.07) is 0. The Labute approximate surface area is 96.4 Å². The second-order valence-corrected chi connectivity index (χ2v) is 4.36. The highest BCUT2D eigenvalue weighted by Gasteiger charge is 2.11. The van der Waals surface area contributed by atoms with Gasteiger partial charge in [0.15, 0.2) is 0 Å². The van der Waals surface area contributed by atoms with Crippen LogP contribution < -0.4 is 5.32 Å². The maximum absolute atomic E-state index is 10.3. The number of nitrogens with one attached hydrogen (secondary N) is 1. The fourth-order valence-electron chi connectivity index (χ4n) is 1.98. The first-order valence-electron chi connectivity index (χ1n) is 6.01. The van der Waals surface area contributed by atoms with Crippen LogP contribution in [-0.4, -0.2) is 59.9 Å². The van der Waals surface area contributed by atoms with Crippen molar-refractivity contribution in [3.63, 3.8) is 0 Å². The minimum absolute atomic E-state index is 0.181. The largest absolute Gasteiger partial charge is 0.481 e. The molecule has 1 atom stereocenters. The van der Waals surface area contributed by atoms with Gasteiger partial charge in [-0.15, -0.1) is 0 Å². The molecule has 5 nitrogen and oxygen atoms in total. The normalized spacial score (nSPS) is 18.8. The third-order valence-corrected chi connectivity index (χ3v) is 2.82. The molecule has 0 saturated carbocycles. The first kappa shape index (κ1) is 13.4. The van der Waals surface area contributed by atoms with Crippen LogP contribution in [0, 0.1) is 0 Å². The molecule has 1 aliphatic heterocycles. The zero-order chi connectivity index (χ0) is 11.8. The highest BCUT2D eigenvalue weighted by molar-refractivity contribution is 5.67. The van der Waals surface area contributed by atoms with Gasteiger partial charge < -0.3 is 20.4 Å². The summed E-state index contributed by atoms with van der Waals surface area (Å²) in [5, 5.41) is 20.8. The van der Waals surface area contributed by atoms with Gasteiger partial charge in [-0.1, -0.05) is 0 Å². The van der Waals surface area contributed by atoms with Crippen LogP contribution in [0.5, 0.6) is 0 Å². The lowest BCUT2D eigenvalue weighted by atomic mass is 10.2. The summed E-state index contributed by atoms with van der Waals surface area (Å²) >= 11 is 0. The number of carboxylic acid groups (broad SMARTS) is 1. The van der Waals surface area contributed by atoms with Crippen LogP contribution in [0.1, 0.15) is 25.7 Å². The SMILES string of the molecule is O=C(O)CC(O)CNCCCN1CCCC1. The number of rotatable bonds is 8.